The minimum Gasteiger partial charge on any atom is -0.466 e. The minimum absolute atomic E-state index is 0.0371. The molecule has 3 aliphatic heterocycles. The molecule has 5 N–H and O–H groups in total. The highest BCUT2D eigenvalue weighted by Gasteiger charge is 2.66. The Labute approximate surface area is 230 Å². The summed E-state index contributed by atoms with van der Waals surface area (Å²) in [7, 11) is 1.26. The molecule has 5 rings (SSSR count). The Morgan fingerprint density at radius 1 is 1.10 bits per heavy atom. The lowest BCUT2D eigenvalue weighted by Gasteiger charge is -2.62. The van der Waals surface area contributed by atoms with E-state index < -0.39 is 90.5 Å². The number of carbonyl (C=O) groups is 3. The van der Waals surface area contributed by atoms with Crippen LogP contribution in [0.15, 0.2) is 23.3 Å². The lowest BCUT2D eigenvalue weighted by molar-refractivity contribution is -0.328. The summed E-state index contributed by atoms with van der Waals surface area (Å²) in [6.07, 6.45) is -6.78. The highest BCUT2D eigenvalue weighted by Crippen LogP contribution is 2.65. The molecule has 13 nitrogen and oxygen atoms in total. The maximum Gasteiger partial charge on any atom is 0.334 e. The molecule has 2 saturated heterocycles. The van der Waals surface area contributed by atoms with Crippen molar-refractivity contribution in [3.05, 3.63) is 23.3 Å². The van der Waals surface area contributed by atoms with Crippen molar-refractivity contribution in [3.63, 3.8) is 0 Å². The predicted octanol–water partition coefficient (Wildman–Crippen LogP) is -1.17. The summed E-state index contributed by atoms with van der Waals surface area (Å²) in [5.41, 5.74) is -1.38. The summed E-state index contributed by atoms with van der Waals surface area (Å²) in [5.74, 6) is -3.01. The minimum atomic E-state index is -1.68. The van der Waals surface area contributed by atoms with Gasteiger partial charge >= 0.3 is 17.9 Å². The van der Waals surface area contributed by atoms with Crippen molar-refractivity contribution in [2.45, 2.75) is 88.7 Å². The highest BCUT2D eigenvalue weighted by atomic mass is 16.7. The number of rotatable bonds is 5. The molecule has 0 aromatic rings. The fraction of sp³-hybridized carbons (Fsp3) is 0.741. The number of allylic oxidation sites excluding steroid dienone is 1. The van der Waals surface area contributed by atoms with Gasteiger partial charge in [0.05, 0.1) is 25.7 Å². The average molecular weight is 569 g/mol. The van der Waals surface area contributed by atoms with Gasteiger partial charge < -0.3 is 49.2 Å². The second-order valence-electron chi connectivity index (χ2n) is 11.7. The lowest BCUT2D eigenvalue weighted by atomic mass is 9.44. The Bertz CT molecular complexity index is 1120. The van der Waals surface area contributed by atoms with Gasteiger partial charge in [-0.3, -0.25) is 4.79 Å². The van der Waals surface area contributed by atoms with E-state index in [0.29, 0.717) is 18.4 Å². The number of esters is 3. The Hall–Kier alpha value is -2.39. The van der Waals surface area contributed by atoms with Crippen molar-refractivity contribution in [2.75, 3.05) is 13.7 Å². The molecule has 12 atom stereocenters. The summed E-state index contributed by atoms with van der Waals surface area (Å²) < 4.78 is 27.5. The van der Waals surface area contributed by atoms with E-state index >= 15 is 0 Å². The standard InChI is InChI=1S/C27H36O13/c1-26-9-14(11-7-18(29)40-22(11)33)37-24(35)13(26)8-17(27(2)12(23(34)36-3)5-4-6-16(26)27)39-25-21(32)20(31)19(30)15(10-28)38-25/h5,7,13-17,19-22,25,28,30-33H,4,6,8-10H2,1-3H3/t13-,14-,15+,16-,17+,19+,20-,21+,22?,25-,26+,27-/m0/s1. The first-order valence-electron chi connectivity index (χ1n) is 13.4. The Morgan fingerprint density at radius 2 is 1.82 bits per heavy atom. The Balaban J connectivity index is 1.53. The molecule has 222 valence electrons. The maximum absolute atomic E-state index is 13.5. The smallest absolute Gasteiger partial charge is 0.334 e. The van der Waals surface area contributed by atoms with Crippen LogP contribution in [0.25, 0.3) is 0 Å². The Morgan fingerprint density at radius 3 is 2.45 bits per heavy atom. The van der Waals surface area contributed by atoms with Gasteiger partial charge in [0.2, 0.25) is 6.29 Å². The van der Waals surface area contributed by atoms with Gasteiger partial charge in [-0.2, -0.15) is 0 Å². The molecule has 1 saturated carbocycles. The third kappa shape index (κ3) is 4.39. The first kappa shape index (κ1) is 29.1. The van der Waals surface area contributed by atoms with E-state index in [4.69, 9.17) is 23.7 Å². The van der Waals surface area contributed by atoms with Crippen LogP contribution in [0.1, 0.15) is 39.5 Å². The molecule has 3 fully saturated rings. The van der Waals surface area contributed by atoms with E-state index in [1.165, 1.54) is 7.11 Å². The normalized spacial score (nSPS) is 46.8. The SMILES string of the molecule is COC(=O)C1=CCC[C@H]2[C@]3(C)C[C@@H](C4=CC(=O)OC4O)OC(=O)[C@@H]3C[C@@H](O[C@@H]3O[C@H](CO)[C@@H](O)[C@H](O)[C@H]3O)[C@@]12C. The molecular weight excluding hydrogens is 532 g/mol. The van der Waals surface area contributed by atoms with Gasteiger partial charge in [0.25, 0.3) is 0 Å². The Kier molecular flexibility index (Phi) is 7.62. The van der Waals surface area contributed by atoms with Crippen molar-refractivity contribution < 1.29 is 63.6 Å². The number of carbonyl (C=O) groups excluding carboxylic acids is 3. The number of ether oxygens (including phenoxy) is 5. The van der Waals surface area contributed by atoms with Crippen LogP contribution in [0.4, 0.5) is 0 Å². The number of aliphatic hydroxyl groups is 5. The molecule has 3 heterocycles. The molecule has 13 heteroatoms. The first-order valence-corrected chi connectivity index (χ1v) is 13.4. The maximum atomic E-state index is 13.5. The van der Waals surface area contributed by atoms with Crippen LogP contribution in [0.5, 0.6) is 0 Å². The van der Waals surface area contributed by atoms with Gasteiger partial charge in [0, 0.05) is 22.6 Å². The monoisotopic (exact) mass is 568 g/mol. The fourth-order valence-corrected chi connectivity index (χ4v) is 7.61. The summed E-state index contributed by atoms with van der Waals surface area (Å²) in [6.45, 7) is 3.09. The second-order valence-corrected chi connectivity index (χ2v) is 11.7. The van der Waals surface area contributed by atoms with Gasteiger partial charge in [-0.05, 0) is 37.0 Å². The summed E-state index contributed by atoms with van der Waals surface area (Å²) in [6, 6.07) is 0. The van der Waals surface area contributed by atoms with Crippen LogP contribution in [0.3, 0.4) is 0 Å². The molecule has 0 aromatic heterocycles. The molecule has 5 aliphatic rings. The quantitative estimate of drug-likeness (QED) is 0.197. The molecule has 0 bridgehead atoms. The van der Waals surface area contributed by atoms with Gasteiger partial charge in [-0.15, -0.1) is 0 Å². The molecular formula is C27H36O13. The second kappa shape index (κ2) is 10.5. The predicted molar refractivity (Wildman–Crippen MR) is 130 cm³/mol. The van der Waals surface area contributed by atoms with Crippen LogP contribution in [-0.4, -0.2) is 106 Å². The van der Waals surface area contributed by atoms with E-state index in [-0.39, 0.29) is 24.3 Å². The molecule has 0 spiro atoms. The molecule has 0 amide bonds. The van der Waals surface area contributed by atoms with Crippen LogP contribution < -0.4 is 0 Å². The van der Waals surface area contributed by atoms with Crippen LogP contribution >= 0.6 is 0 Å². The zero-order valence-corrected chi connectivity index (χ0v) is 22.5. The van der Waals surface area contributed by atoms with Crippen molar-refractivity contribution >= 4 is 17.9 Å². The van der Waals surface area contributed by atoms with E-state index in [0.717, 1.165) is 6.08 Å². The van der Waals surface area contributed by atoms with E-state index in [9.17, 15) is 39.9 Å². The van der Waals surface area contributed by atoms with Crippen molar-refractivity contribution in [2.24, 2.45) is 22.7 Å². The molecule has 40 heavy (non-hydrogen) atoms. The number of hydrogen-bond acceptors (Lipinski definition) is 13. The third-order valence-corrected chi connectivity index (χ3v) is 9.71. The summed E-state index contributed by atoms with van der Waals surface area (Å²) in [5, 5.41) is 51.1. The molecule has 0 aromatic carbocycles. The number of hydrogen-bond donors (Lipinski definition) is 5. The summed E-state index contributed by atoms with van der Waals surface area (Å²) in [4.78, 5) is 38.4. The third-order valence-electron chi connectivity index (χ3n) is 9.71. The number of fused-ring (bicyclic) bond motifs is 3. The fourth-order valence-electron chi connectivity index (χ4n) is 7.61. The first-order chi connectivity index (χ1) is 18.9. The van der Waals surface area contributed by atoms with Gasteiger partial charge in [-0.1, -0.05) is 19.9 Å². The van der Waals surface area contributed by atoms with Crippen LogP contribution in [-0.2, 0) is 38.1 Å². The van der Waals surface area contributed by atoms with Crippen molar-refractivity contribution in [1.29, 1.82) is 0 Å². The number of methoxy groups -OCH3 is 1. The van der Waals surface area contributed by atoms with Crippen LogP contribution in [0, 0.1) is 22.7 Å². The number of aliphatic hydroxyl groups excluding tert-OH is 5. The summed E-state index contributed by atoms with van der Waals surface area (Å²) >= 11 is 0. The van der Waals surface area contributed by atoms with E-state index in [1.54, 1.807) is 6.08 Å². The van der Waals surface area contributed by atoms with E-state index in [2.05, 4.69) is 0 Å². The number of cyclic esters (lactones) is 2. The van der Waals surface area contributed by atoms with Crippen molar-refractivity contribution in [3.8, 4) is 0 Å². The average Bonchev–Trinajstić information content (AvgIpc) is 3.26. The van der Waals surface area contributed by atoms with Crippen LogP contribution in [0.2, 0.25) is 0 Å². The molecule has 1 unspecified atom stereocenters. The molecule has 0 radical (unpaired) electrons. The van der Waals surface area contributed by atoms with Gasteiger partial charge in [-0.25, -0.2) is 9.59 Å². The zero-order chi connectivity index (χ0) is 29.1. The van der Waals surface area contributed by atoms with Crippen molar-refractivity contribution in [1.82, 2.24) is 0 Å². The highest BCUT2D eigenvalue weighted by molar-refractivity contribution is 5.90. The zero-order valence-electron chi connectivity index (χ0n) is 22.5. The largest absolute Gasteiger partial charge is 0.466 e. The molecule has 2 aliphatic carbocycles. The van der Waals surface area contributed by atoms with Gasteiger partial charge in [0.15, 0.2) is 6.29 Å². The topological polar surface area (TPSA) is 199 Å². The lowest BCUT2D eigenvalue weighted by Crippen LogP contribution is -2.65. The van der Waals surface area contributed by atoms with Gasteiger partial charge in [0.1, 0.15) is 30.5 Å². The van der Waals surface area contributed by atoms with E-state index in [1.807, 2.05) is 13.8 Å².